The molecule has 0 atom stereocenters. The van der Waals surface area contributed by atoms with Crippen molar-refractivity contribution in [2.45, 2.75) is 0 Å². The summed E-state index contributed by atoms with van der Waals surface area (Å²) in [4.78, 5) is 4.48. The summed E-state index contributed by atoms with van der Waals surface area (Å²) in [5.74, 6) is 0.640. The monoisotopic (exact) mass is 221 g/mol. The highest BCUT2D eigenvalue weighted by Gasteiger charge is 2.09. The van der Waals surface area contributed by atoms with Gasteiger partial charge < -0.3 is 4.42 Å². The average Bonchev–Trinajstić information content (AvgIpc) is 2.82. The Morgan fingerprint density at radius 1 is 1.00 bits per heavy atom. The predicted octanol–water partition coefficient (Wildman–Crippen LogP) is 4.14. The second-order valence-electron chi connectivity index (χ2n) is 3.78. The van der Waals surface area contributed by atoms with Crippen LogP contribution in [-0.4, -0.2) is 4.98 Å². The average molecular weight is 221 g/mol. The molecule has 0 aliphatic heterocycles. The molecule has 1 aromatic heterocycles. The topological polar surface area (TPSA) is 26.0 Å². The maximum atomic E-state index is 5.74. The maximum Gasteiger partial charge on any atom is 0.227 e. The molecule has 0 radical (unpaired) electrons. The summed E-state index contributed by atoms with van der Waals surface area (Å²) in [6.45, 7) is 3.80. The predicted molar refractivity (Wildman–Crippen MR) is 69.5 cm³/mol. The van der Waals surface area contributed by atoms with Crippen molar-refractivity contribution in [1.82, 2.24) is 4.98 Å². The Morgan fingerprint density at radius 2 is 1.76 bits per heavy atom. The van der Waals surface area contributed by atoms with E-state index in [0.717, 1.165) is 22.2 Å². The van der Waals surface area contributed by atoms with Crippen LogP contribution in [-0.2, 0) is 0 Å². The van der Waals surface area contributed by atoms with Crippen LogP contribution in [0.25, 0.3) is 28.6 Å². The number of benzene rings is 2. The zero-order valence-electron chi connectivity index (χ0n) is 9.26. The highest BCUT2D eigenvalue weighted by molar-refractivity contribution is 5.78. The standard InChI is InChI=1S/C15H11NO/c1-2-11-7-3-4-8-12(11)15-16-13-9-5-6-10-14(13)17-15/h2-10H,1H2. The Balaban J connectivity index is 2.23. The summed E-state index contributed by atoms with van der Waals surface area (Å²) in [6.07, 6.45) is 1.81. The molecule has 17 heavy (non-hydrogen) atoms. The van der Waals surface area contributed by atoms with E-state index in [1.807, 2.05) is 54.6 Å². The molecule has 0 saturated carbocycles. The third kappa shape index (κ3) is 1.64. The summed E-state index contributed by atoms with van der Waals surface area (Å²) >= 11 is 0. The molecule has 1 heterocycles. The molecule has 0 N–H and O–H groups in total. The van der Waals surface area contributed by atoms with Crippen molar-refractivity contribution in [2.75, 3.05) is 0 Å². The SMILES string of the molecule is C=Cc1ccccc1-c1nc2ccccc2o1. The van der Waals surface area contributed by atoms with Gasteiger partial charge in [0, 0.05) is 5.56 Å². The fourth-order valence-corrected chi connectivity index (χ4v) is 1.86. The minimum Gasteiger partial charge on any atom is -0.436 e. The highest BCUT2D eigenvalue weighted by Crippen LogP contribution is 2.27. The maximum absolute atomic E-state index is 5.74. The lowest BCUT2D eigenvalue weighted by Crippen LogP contribution is -1.81. The van der Waals surface area contributed by atoms with Crippen LogP contribution in [0, 0.1) is 0 Å². The van der Waals surface area contributed by atoms with Crippen LogP contribution in [0.3, 0.4) is 0 Å². The minimum absolute atomic E-state index is 0.640. The van der Waals surface area contributed by atoms with E-state index >= 15 is 0 Å². The Bertz CT molecular complexity index is 649. The molecule has 0 saturated heterocycles. The first-order chi connectivity index (χ1) is 8.38. The first kappa shape index (κ1) is 9.85. The van der Waals surface area contributed by atoms with Gasteiger partial charge in [-0.25, -0.2) is 4.98 Å². The molecule has 0 spiro atoms. The van der Waals surface area contributed by atoms with Crippen molar-refractivity contribution >= 4 is 17.2 Å². The van der Waals surface area contributed by atoms with Crippen LogP contribution < -0.4 is 0 Å². The summed E-state index contributed by atoms with van der Waals surface area (Å²) in [6, 6.07) is 15.7. The molecule has 3 rings (SSSR count). The molecule has 3 aromatic rings. The summed E-state index contributed by atoms with van der Waals surface area (Å²) in [5.41, 5.74) is 3.68. The molecule has 2 aromatic carbocycles. The van der Waals surface area contributed by atoms with Gasteiger partial charge in [-0.05, 0) is 23.8 Å². The highest BCUT2D eigenvalue weighted by atomic mass is 16.3. The van der Waals surface area contributed by atoms with E-state index in [4.69, 9.17) is 4.42 Å². The Kier molecular flexibility index (Phi) is 2.26. The quantitative estimate of drug-likeness (QED) is 0.650. The molecule has 2 heteroatoms. The second-order valence-corrected chi connectivity index (χ2v) is 3.78. The number of rotatable bonds is 2. The smallest absolute Gasteiger partial charge is 0.227 e. The molecular formula is C15H11NO. The lowest BCUT2D eigenvalue weighted by atomic mass is 10.1. The van der Waals surface area contributed by atoms with Gasteiger partial charge in [0.25, 0.3) is 0 Å². The molecule has 0 bridgehead atoms. The van der Waals surface area contributed by atoms with E-state index in [2.05, 4.69) is 11.6 Å². The van der Waals surface area contributed by atoms with Crippen molar-refractivity contribution in [2.24, 2.45) is 0 Å². The van der Waals surface area contributed by atoms with Gasteiger partial charge in [0.1, 0.15) is 5.52 Å². The van der Waals surface area contributed by atoms with Crippen LogP contribution in [0.2, 0.25) is 0 Å². The molecule has 0 amide bonds. The van der Waals surface area contributed by atoms with E-state index in [0.29, 0.717) is 5.89 Å². The van der Waals surface area contributed by atoms with Gasteiger partial charge in [0.15, 0.2) is 5.58 Å². The Labute approximate surface area is 99.2 Å². The molecule has 0 aliphatic rings. The van der Waals surface area contributed by atoms with Crippen molar-refractivity contribution < 1.29 is 4.42 Å². The van der Waals surface area contributed by atoms with Crippen LogP contribution in [0.4, 0.5) is 0 Å². The lowest BCUT2D eigenvalue weighted by Gasteiger charge is -1.99. The van der Waals surface area contributed by atoms with Gasteiger partial charge >= 0.3 is 0 Å². The first-order valence-electron chi connectivity index (χ1n) is 5.46. The largest absolute Gasteiger partial charge is 0.436 e. The van der Waals surface area contributed by atoms with Crippen LogP contribution in [0.15, 0.2) is 59.5 Å². The van der Waals surface area contributed by atoms with E-state index < -0.39 is 0 Å². The third-order valence-corrected chi connectivity index (χ3v) is 2.70. The van der Waals surface area contributed by atoms with Gasteiger partial charge in [-0.3, -0.25) is 0 Å². The summed E-state index contributed by atoms with van der Waals surface area (Å²) < 4.78 is 5.74. The number of hydrogen-bond donors (Lipinski definition) is 0. The zero-order valence-corrected chi connectivity index (χ0v) is 9.26. The van der Waals surface area contributed by atoms with Gasteiger partial charge in [0.2, 0.25) is 5.89 Å². The van der Waals surface area contributed by atoms with Crippen molar-refractivity contribution in [3.05, 3.63) is 60.7 Å². The molecular weight excluding hydrogens is 210 g/mol. The van der Waals surface area contributed by atoms with Gasteiger partial charge in [-0.2, -0.15) is 0 Å². The summed E-state index contributed by atoms with van der Waals surface area (Å²) in [7, 11) is 0. The van der Waals surface area contributed by atoms with Crippen molar-refractivity contribution in [3.63, 3.8) is 0 Å². The number of nitrogens with zero attached hydrogens (tertiary/aromatic N) is 1. The fourth-order valence-electron chi connectivity index (χ4n) is 1.86. The summed E-state index contributed by atoms with van der Waals surface area (Å²) in [5, 5.41) is 0. The first-order valence-corrected chi connectivity index (χ1v) is 5.46. The van der Waals surface area contributed by atoms with Crippen LogP contribution >= 0.6 is 0 Å². The van der Waals surface area contributed by atoms with Crippen LogP contribution in [0.1, 0.15) is 5.56 Å². The number of fused-ring (bicyclic) bond motifs is 1. The normalized spacial score (nSPS) is 10.6. The van der Waals surface area contributed by atoms with Crippen LogP contribution in [0.5, 0.6) is 0 Å². The fraction of sp³-hybridized carbons (Fsp3) is 0. The Hall–Kier alpha value is -2.35. The zero-order chi connectivity index (χ0) is 11.7. The van der Waals surface area contributed by atoms with Crippen molar-refractivity contribution in [1.29, 1.82) is 0 Å². The number of aromatic nitrogens is 1. The second kappa shape index (κ2) is 3.91. The Morgan fingerprint density at radius 3 is 2.59 bits per heavy atom. The number of hydrogen-bond acceptors (Lipinski definition) is 2. The van der Waals surface area contributed by atoms with Crippen molar-refractivity contribution in [3.8, 4) is 11.5 Å². The molecule has 0 unspecified atom stereocenters. The number of oxazole rings is 1. The van der Waals surface area contributed by atoms with Gasteiger partial charge in [-0.15, -0.1) is 0 Å². The van der Waals surface area contributed by atoms with E-state index in [-0.39, 0.29) is 0 Å². The number of para-hydroxylation sites is 2. The van der Waals surface area contributed by atoms with Gasteiger partial charge in [-0.1, -0.05) is 43.0 Å². The van der Waals surface area contributed by atoms with E-state index in [9.17, 15) is 0 Å². The molecule has 0 aliphatic carbocycles. The van der Waals surface area contributed by atoms with Gasteiger partial charge in [0.05, 0.1) is 0 Å². The molecule has 2 nitrogen and oxygen atoms in total. The lowest BCUT2D eigenvalue weighted by molar-refractivity contribution is 0.619. The van der Waals surface area contributed by atoms with E-state index in [1.54, 1.807) is 0 Å². The molecule has 0 fully saturated rings. The molecule has 82 valence electrons. The third-order valence-electron chi connectivity index (χ3n) is 2.70. The van der Waals surface area contributed by atoms with E-state index in [1.165, 1.54) is 0 Å². The minimum atomic E-state index is 0.640.